The minimum Gasteiger partial charge on any atom is -0.496 e. The summed E-state index contributed by atoms with van der Waals surface area (Å²) >= 11 is 6.46. The van der Waals surface area contributed by atoms with Crippen LogP contribution in [0.2, 0.25) is 0 Å². The summed E-state index contributed by atoms with van der Waals surface area (Å²) < 4.78 is 39.8. The van der Waals surface area contributed by atoms with Crippen LogP contribution in [0.15, 0.2) is 35.2 Å². The number of nitrogens with one attached hydrogen (secondary N) is 1. The normalized spacial score (nSPS) is 19.4. The molecule has 10 heteroatoms. The fourth-order valence-corrected chi connectivity index (χ4v) is 7.41. The number of fused-ring (bicyclic) bond motifs is 1. The molecule has 206 valence electrons. The monoisotopic (exact) mass is 560 g/mol. The zero-order valence-corrected chi connectivity index (χ0v) is 23.9. The molecule has 0 amide bonds. The standard InChI is InChI=1S/C28H37ClN4O4S/c1-19(2)30-26-17-21(31-25-7-6-24(29)28(25)26)16-20-4-5-23(18-27(20)36-3)38(34,35)33-10-8-22(9-11-33)32-12-14-37-15-13-32/h4-6,17-19,22H,7-16H2,1-3H3,(H,30,31). The fraction of sp³-hybridized carbons (Fsp3) is 0.536. The SMILES string of the molecule is COc1cc(S(=O)(=O)N2CCC(N3CCOCC3)CC2)ccc1Cc1cc(NC(C)C)c2c(n1)CC=C2Cl. The number of aromatic nitrogens is 1. The van der Waals surface area contributed by atoms with E-state index in [-0.39, 0.29) is 10.9 Å². The second kappa shape index (κ2) is 11.5. The Balaban J connectivity index is 1.32. The predicted molar refractivity (Wildman–Crippen MR) is 151 cm³/mol. The van der Waals surface area contributed by atoms with Crippen molar-refractivity contribution < 1.29 is 17.9 Å². The van der Waals surface area contributed by atoms with Gasteiger partial charge in [-0.25, -0.2) is 8.42 Å². The largest absolute Gasteiger partial charge is 0.496 e. The van der Waals surface area contributed by atoms with Gasteiger partial charge in [-0.1, -0.05) is 23.7 Å². The first-order valence-corrected chi connectivity index (χ1v) is 15.2. The van der Waals surface area contributed by atoms with Gasteiger partial charge in [0.1, 0.15) is 5.75 Å². The number of methoxy groups -OCH3 is 1. The average Bonchev–Trinajstić information content (AvgIpc) is 3.29. The molecular formula is C28H37ClN4O4S. The molecule has 38 heavy (non-hydrogen) atoms. The van der Waals surface area contributed by atoms with Crippen LogP contribution in [0.1, 0.15) is 49.2 Å². The lowest BCUT2D eigenvalue weighted by atomic mass is 10.0. The van der Waals surface area contributed by atoms with Gasteiger partial charge in [0.05, 0.1) is 30.9 Å². The van der Waals surface area contributed by atoms with E-state index in [4.69, 9.17) is 26.1 Å². The summed E-state index contributed by atoms with van der Waals surface area (Å²) in [4.78, 5) is 7.56. The molecule has 2 saturated heterocycles. The van der Waals surface area contributed by atoms with Crippen molar-refractivity contribution in [2.24, 2.45) is 0 Å². The number of anilines is 1. The van der Waals surface area contributed by atoms with E-state index in [1.54, 1.807) is 23.5 Å². The zero-order chi connectivity index (χ0) is 26.9. The highest BCUT2D eigenvalue weighted by atomic mass is 35.5. The second-order valence-electron chi connectivity index (χ2n) is 10.5. The summed E-state index contributed by atoms with van der Waals surface area (Å²) in [6, 6.07) is 7.89. The van der Waals surface area contributed by atoms with Gasteiger partial charge in [-0.2, -0.15) is 4.31 Å². The lowest BCUT2D eigenvalue weighted by Crippen LogP contribution is -2.50. The first-order valence-electron chi connectivity index (χ1n) is 13.4. The number of halogens is 1. The van der Waals surface area contributed by atoms with Gasteiger partial charge in [0.25, 0.3) is 0 Å². The van der Waals surface area contributed by atoms with E-state index in [1.165, 1.54) is 0 Å². The maximum absolute atomic E-state index is 13.5. The maximum atomic E-state index is 13.5. The number of benzene rings is 1. The van der Waals surface area contributed by atoms with Crippen LogP contribution in [-0.2, 0) is 27.6 Å². The summed E-state index contributed by atoms with van der Waals surface area (Å²) in [5.41, 5.74) is 4.66. The van der Waals surface area contributed by atoms with Crippen LogP contribution in [0.3, 0.4) is 0 Å². The van der Waals surface area contributed by atoms with Gasteiger partial charge < -0.3 is 14.8 Å². The third-order valence-electron chi connectivity index (χ3n) is 7.56. The van der Waals surface area contributed by atoms with E-state index >= 15 is 0 Å². The van der Waals surface area contributed by atoms with Crippen molar-refractivity contribution >= 4 is 32.3 Å². The first kappa shape index (κ1) is 27.4. The molecule has 0 bridgehead atoms. The van der Waals surface area contributed by atoms with Crippen molar-refractivity contribution in [2.75, 3.05) is 51.8 Å². The third-order valence-corrected chi connectivity index (χ3v) is 9.80. The van der Waals surface area contributed by atoms with E-state index in [9.17, 15) is 8.42 Å². The van der Waals surface area contributed by atoms with Crippen LogP contribution in [0.5, 0.6) is 5.75 Å². The highest BCUT2D eigenvalue weighted by molar-refractivity contribution is 7.89. The number of morpholine rings is 1. The molecule has 0 unspecified atom stereocenters. The Morgan fingerprint density at radius 1 is 1.16 bits per heavy atom. The maximum Gasteiger partial charge on any atom is 0.243 e. The second-order valence-corrected chi connectivity index (χ2v) is 12.8. The van der Waals surface area contributed by atoms with Gasteiger partial charge in [-0.05, 0) is 38.8 Å². The lowest BCUT2D eigenvalue weighted by Gasteiger charge is -2.39. The lowest BCUT2D eigenvalue weighted by molar-refractivity contribution is 0.00610. The Labute approximate surface area is 231 Å². The van der Waals surface area contributed by atoms with E-state index in [0.717, 1.165) is 72.4 Å². The number of hydrogen-bond donors (Lipinski definition) is 1. The highest BCUT2D eigenvalue weighted by Gasteiger charge is 2.32. The van der Waals surface area contributed by atoms with E-state index in [1.807, 2.05) is 18.2 Å². The number of allylic oxidation sites excluding steroid dienone is 1. The molecule has 1 aliphatic carbocycles. The summed E-state index contributed by atoms with van der Waals surface area (Å²) in [6.45, 7) is 8.59. The summed E-state index contributed by atoms with van der Waals surface area (Å²) in [5, 5.41) is 4.21. The Morgan fingerprint density at radius 3 is 2.58 bits per heavy atom. The van der Waals surface area contributed by atoms with E-state index in [2.05, 4.69) is 24.1 Å². The van der Waals surface area contributed by atoms with Gasteiger partial charge in [0, 0.05) is 84.7 Å². The van der Waals surface area contributed by atoms with Crippen LogP contribution in [0, 0.1) is 0 Å². The Morgan fingerprint density at radius 2 is 1.89 bits per heavy atom. The quantitative estimate of drug-likeness (QED) is 0.520. The molecule has 2 fully saturated rings. The Kier molecular flexibility index (Phi) is 8.30. The van der Waals surface area contributed by atoms with Crippen LogP contribution in [0.4, 0.5) is 5.69 Å². The van der Waals surface area contributed by atoms with Crippen LogP contribution < -0.4 is 10.1 Å². The molecule has 0 spiro atoms. The van der Waals surface area contributed by atoms with Gasteiger partial charge in [0.15, 0.2) is 0 Å². The molecule has 0 radical (unpaired) electrons. The topological polar surface area (TPSA) is 84.0 Å². The molecule has 1 aromatic heterocycles. The van der Waals surface area contributed by atoms with Gasteiger partial charge >= 0.3 is 0 Å². The molecule has 8 nitrogen and oxygen atoms in total. The summed E-state index contributed by atoms with van der Waals surface area (Å²) in [7, 11) is -2.03. The van der Waals surface area contributed by atoms with Crippen molar-refractivity contribution in [3.8, 4) is 5.75 Å². The number of piperidine rings is 1. The summed E-state index contributed by atoms with van der Waals surface area (Å²) in [6.07, 6.45) is 4.88. The zero-order valence-electron chi connectivity index (χ0n) is 22.4. The minimum atomic E-state index is -3.61. The fourth-order valence-electron chi connectivity index (χ4n) is 5.64. The highest BCUT2D eigenvalue weighted by Crippen LogP contribution is 2.37. The van der Waals surface area contributed by atoms with Crippen LogP contribution in [0.25, 0.3) is 5.03 Å². The Hall–Kier alpha value is -2.17. The van der Waals surface area contributed by atoms with Crippen molar-refractivity contribution in [1.82, 2.24) is 14.2 Å². The molecule has 2 aliphatic heterocycles. The number of pyridine rings is 1. The van der Waals surface area contributed by atoms with E-state index in [0.29, 0.717) is 37.7 Å². The van der Waals surface area contributed by atoms with E-state index < -0.39 is 10.0 Å². The number of ether oxygens (including phenoxy) is 2. The van der Waals surface area contributed by atoms with Gasteiger partial charge in [-0.3, -0.25) is 9.88 Å². The van der Waals surface area contributed by atoms with Crippen LogP contribution >= 0.6 is 11.6 Å². The van der Waals surface area contributed by atoms with Crippen molar-refractivity contribution in [2.45, 2.75) is 56.5 Å². The molecule has 1 aromatic carbocycles. The van der Waals surface area contributed by atoms with Gasteiger partial charge in [-0.15, -0.1) is 0 Å². The molecular weight excluding hydrogens is 524 g/mol. The molecule has 2 aromatic rings. The molecule has 1 N–H and O–H groups in total. The molecule has 5 rings (SSSR count). The van der Waals surface area contributed by atoms with Crippen molar-refractivity contribution in [3.05, 3.63) is 52.9 Å². The first-order chi connectivity index (χ1) is 18.3. The molecule has 3 aliphatic rings. The number of rotatable bonds is 8. The molecule has 0 atom stereocenters. The number of sulfonamides is 1. The molecule has 3 heterocycles. The van der Waals surface area contributed by atoms with Crippen molar-refractivity contribution in [1.29, 1.82) is 0 Å². The smallest absolute Gasteiger partial charge is 0.243 e. The summed E-state index contributed by atoms with van der Waals surface area (Å²) in [5.74, 6) is 0.547. The average molecular weight is 561 g/mol. The minimum absolute atomic E-state index is 0.248. The van der Waals surface area contributed by atoms with Crippen LogP contribution in [-0.4, -0.2) is 81.2 Å². The number of hydrogen-bond acceptors (Lipinski definition) is 7. The Bertz CT molecular complexity index is 1300. The molecule has 0 saturated carbocycles. The van der Waals surface area contributed by atoms with Gasteiger partial charge in [0.2, 0.25) is 10.0 Å². The van der Waals surface area contributed by atoms with Crippen molar-refractivity contribution in [3.63, 3.8) is 0 Å². The number of nitrogens with zero attached hydrogens (tertiary/aromatic N) is 3. The third kappa shape index (κ3) is 5.72. The predicted octanol–water partition coefficient (Wildman–Crippen LogP) is 4.12.